The molecule has 10 heavy (non-hydrogen) atoms. The zero-order valence-corrected chi connectivity index (χ0v) is 8.99. The molecule has 0 spiro atoms. The summed E-state index contributed by atoms with van der Waals surface area (Å²) in [5.74, 6) is 0. The SMILES string of the molecule is CCCC(C)(N)[Si](C)(C)C. The molecular formula is C8H21NSi. The van der Waals surface area contributed by atoms with Crippen LogP contribution in [-0.2, 0) is 0 Å². The van der Waals surface area contributed by atoms with Crippen LogP contribution in [0.4, 0.5) is 0 Å². The molecule has 1 unspecified atom stereocenters. The van der Waals surface area contributed by atoms with Gasteiger partial charge in [-0.25, -0.2) is 0 Å². The van der Waals surface area contributed by atoms with Gasteiger partial charge in [-0.2, -0.15) is 0 Å². The number of hydrogen-bond acceptors (Lipinski definition) is 1. The lowest BCUT2D eigenvalue weighted by atomic mass is 10.2. The molecule has 0 fully saturated rings. The Labute approximate surface area is 66.0 Å². The fourth-order valence-corrected chi connectivity index (χ4v) is 1.89. The molecule has 62 valence electrons. The Kier molecular flexibility index (Phi) is 3.11. The second-order valence-corrected chi connectivity index (χ2v) is 10.1. The fraction of sp³-hybridized carbons (Fsp3) is 1.00. The first-order valence-corrected chi connectivity index (χ1v) is 7.60. The Morgan fingerprint density at radius 2 is 1.70 bits per heavy atom. The van der Waals surface area contributed by atoms with Crippen LogP contribution in [0, 0.1) is 0 Å². The van der Waals surface area contributed by atoms with Crippen LogP contribution in [0.3, 0.4) is 0 Å². The highest BCUT2D eigenvalue weighted by atomic mass is 28.3. The van der Waals surface area contributed by atoms with Crippen molar-refractivity contribution in [3.63, 3.8) is 0 Å². The Bertz CT molecular complexity index is 102. The largest absolute Gasteiger partial charge is 0.328 e. The van der Waals surface area contributed by atoms with E-state index >= 15 is 0 Å². The second-order valence-electron chi connectivity index (χ2n) is 4.42. The molecule has 0 aliphatic heterocycles. The molecule has 2 heteroatoms. The first kappa shape index (κ1) is 10.2. The van der Waals surface area contributed by atoms with Crippen molar-refractivity contribution in [2.24, 2.45) is 5.73 Å². The van der Waals surface area contributed by atoms with E-state index in [1.807, 2.05) is 0 Å². The van der Waals surface area contributed by atoms with Crippen molar-refractivity contribution < 1.29 is 0 Å². The smallest absolute Gasteiger partial charge is 0.0667 e. The average Bonchev–Trinajstić information content (AvgIpc) is 1.61. The first-order valence-electron chi connectivity index (χ1n) is 4.10. The van der Waals surface area contributed by atoms with Crippen molar-refractivity contribution in [3.8, 4) is 0 Å². The van der Waals surface area contributed by atoms with Crippen molar-refractivity contribution in [1.29, 1.82) is 0 Å². The maximum Gasteiger partial charge on any atom is 0.0667 e. The molecule has 0 aliphatic carbocycles. The standard InChI is InChI=1S/C8H21NSi/c1-6-7-8(2,9)10(3,4)5/h6-7,9H2,1-5H3. The van der Waals surface area contributed by atoms with Crippen molar-refractivity contribution in [2.75, 3.05) is 0 Å². The molecule has 1 nitrogen and oxygen atoms in total. The number of rotatable bonds is 3. The van der Waals surface area contributed by atoms with E-state index in [0.29, 0.717) is 0 Å². The van der Waals surface area contributed by atoms with Gasteiger partial charge in [-0.15, -0.1) is 0 Å². The average molecular weight is 159 g/mol. The van der Waals surface area contributed by atoms with Crippen LogP contribution in [0.15, 0.2) is 0 Å². The van der Waals surface area contributed by atoms with E-state index in [1.54, 1.807) is 0 Å². The van der Waals surface area contributed by atoms with E-state index in [4.69, 9.17) is 5.73 Å². The van der Waals surface area contributed by atoms with Crippen LogP contribution in [0.2, 0.25) is 19.6 Å². The van der Waals surface area contributed by atoms with Gasteiger partial charge in [0.1, 0.15) is 0 Å². The Morgan fingerprint density at radius 3 is 1.80 bits per heavy atom. The zero-order chi connectivity index (χ0) is 8.41. The first-order chi connectivity index (χ1) is 4.31. The van der Waals surface area contributed by atoms with Gasteiger partial charge in [0, 0.05) is 5.16 Å². The molecule has 0 saturated carbocycles. The summed E-state index contributed by atoms with van der Waals surface area (Å²) in [6, 6.07) is 0. The van der Waals surface area contributed by atoms with Crippen LogP contribution in [0.1, 0.15) is 26.7 Å². The molecule has 0 saturated heterocycles. The highest BCUT2D eigenvalue weighted by Crippen LogP contribution is 2.21. The summed E-state index contributed by atoms with van der Waals surface area (Å²) in [6.07, 6.45) is 2.37. The van der Waals surface area contributed by atoms with Gasteiger partial charge >= 0.3 is 0 Å². The van der Waals surface area contributed by atoms with E-state index in [9.17, 15) is 0 Å². The van der Waals surface area contributed by atoms with Gasteiger partial charge in [-0.3, -0.25) is 0 Å². The fourth-order valence-electron chi connectivity index (χ4n) is 0.894. The summed E-state index contributed by atoms with van der Waals surface area (Å²) in [6.45, 7) is 11.4. The summed E-state index contributed by atoms with van der Waals surface area (Å²) < 4.78 is 0. The summed E-state index contributed by atoms with van der Waals surface area (Å²) in [5, 5.41) is 0.127. The minimum atomic E-state index is -1.13. The molecule has 0 aromatic carbocycles. The topological polar surface area (TPSA) is 26.0 Å². The van der Waals surface area contributed by atoms with Crippen LogP contribution < -0.4 is 5.73 Å². The van der Waals surface area contributed by atoms with Crippen LogP contribution >= 0.6 is 0 Å². The van der Waals surface area contributed by atoms with Gasteiger partial charge in [-0.1, -0.05) is 33.0 Å². The van der Waals surface area contributed by atoms with Crippen molar-refractivity contribution in [1.82, 2.24) is 0 Å². The normalized spacial score (nSPS) is 18.6. The molecule has 0 aliphatic rings. The van der Waals surface area contributed by atoms with Crippen LogP contribution in [0.5, 0.6) is 0 Å². The molecule has 2 N–H and O–H groups in total. The second kappa shape index (κ2) is 3.05. The monoisotopic (exact) mass is 159 g/mol. The summed E-state index contributed by atoms with van der Waals surface area (Å²) in [5.41, 5.74) is 6.17. The summed E-state index contributed by atoms with van der Waals surface area (Å²) in [4.78, 5) is 0. The maximum atomic E-state index is 6.17. The Balaban J connectivity index is 4.10. The van der Waals surface area contributed by atoms with Gasteiger partial charge < -0.3 is 5.73 Å². The number of hydrogen-bond donors (Lipinski definition) is 1. The van der Waals surface area contributed by atoms with E-state index in [2.05, 4.69) is 33.5 Å². The highest BCUT2D eigenvalue weighted by Gasteiger charge is 2.33. The van der Waals surface area contributed by atoms with Gasteiger partial charge in [0.05, 0.1) is 8.07 Å². The Morgan fingerprint density at radius 1 is 1.30 bits per heavy atom. The molecule has 0 heterocycles. The van der Waals surface area contributed by atoms with E-state index in [-0.39, 0.29) is 5.16 Å². The van der Waals surface area contributed by atoms with Gasteiger partial charge in [0.2, 0.25) is 0 Å². The molecule has 0 aromatic heterocycles. The van der Waals surface area contributed by atoms with Gasteiger partial charge in [-0.05, 0) is 13.3 Å². The van der Waals surface area contributed by atoms with E-state index in [0.717, 1.165) is 0 Å². The Hall–Kier alpha value is 0.177. The highest BCUT2D eigenvalue weighted by molar-refractivity contribution is 6.79. The molecule has 0 bridgehead atoms. The lowest BCUT2D eigenvalue weighted by Crippen LogP contribution is -2.56. The third kappa shape index (κ3) is 2.43. The maximum absolute atomic E-state index is 6.17. The molecular weight excluding hydrogens is 138 g/mol. The minimum Gasteiger partial charge on any atom is -0.328 e. The predicted molar refractivity (Wildman–Crippen MR) is 50.8 cm³/mol. The quantitative estimate of drug-likeness (QED) is 0.629. The van der Waals surface area contributed by atoms with E-state index < -0.39 is 8.07 Å². The predicted octanol–water partition coefficient (Wildman–Crippen LogP) is 2.38. The van der Waals surface area contributed by atoms with Gasteiger partial charge in [0.15, 0.2) is 0 Å². The van der Waals surface area contributed by atoms with Gasteiger partial charge in [0.25, 0.3) is 0 Å². The molecule has 0 amide bonds. The lowest BCUT2D eigenvalue weighted by molar-refractivity contribution is 0.561. The molecule has 0 aromatic rings. The van der Waals surface area contributed by atoms with Crippen molar-refractivity contribution >= 4 is 8.07 Å². The van der Waals surface area contributed by atoms with E-state index in [1.165, 1.54) is 12.8 Å². The summed E-state index contributed by atoms with van der Waals surface area (Å²) in [7, 11) is -1.13. The molecule has 0 rings (SSSR count). The zero-order valence-electron chi connectivity index (χ0n) is 7.99. The van der Waals surface area contributed by atoms with Crippen LogP contribution in [0.25, 0.3) is 0 Å². The summed E-state index contributed by atoms with van der Waals surface area (Å²) >= 11 is 0. The minimum absolute atomic E-state index is 0.127. The third-order valence-electron chi connectivity index (χ3n) is 2.48. The third-order valence-corrected chi connectivity index (χ3v) is 6.16. The molecule has 1 atom stereocenters. The number of nitrogens with two attached hydrogens (primary N) is 1. The molecule has 0 radical (unpaired) electrons. The lowest BCUT2D eigenvalue weighted by Gasteiger charge is -2.36. The van der Waals surface area contributed by atoms with Crippen molar-refractivity contribution in [3.05, 3.63) is 0 Å². The van der Waals surface area contributed by atoms with Crippen LogP contribution in [-0.4, -0.2) is 13.2 Å². The van der Waals surface area contributed by atoms with Crippen molar-refractivity contribution in [2.45, 2.75) is 51.5 Å².